The van der Waals surface area contributed by atoms with Crippen molar-refractivity contribution >= 4 is 5.96 Å². The van der Waals surface area contributed by atoms with Crippen molar-refractivity contribution < 1.29 is 23.0 Å². The van der Waals surface area contributed by atoms with Gasteiger partial charge in [-0.2, -0.15) is 8.78 Å². The standard InChI is InChI=1S/C19H32F2N4O3/c1-22-19(24-10-12-25(2)11-5-13-26-3)23-9-8-15-6-7-16(27-4)17(14-15)28-18(20)21/h6-7,14,18H,5,8-13H2,1-4H3,(H2,22,23,24). The zero-order valence-corrected chi connectivity index (χ0v) is 17.1. The van der Waals surface area contributed by atoms with E-state index in [0.717, 1.165) is 38.2 Å². The van der Waals surface area contributed by atoms with Crippen LogP contribution in [-0.4, -0.2) is 78.6 Å². The summed E-state index contributed by atoms with van der Waals surface area (Å²) in [6.45, 7) is 1.09. The SMILES string of the molecule is CN=C(NCCc1ccc(OC)c(OC(F)F)c1)NCCN(C)CCCOC. The van der Waals surface area contributed by atoms with Gasteiger partial charge in [0.2, 0.25) is 0 Å². The van der Waals surface area contributed by atoms with Crippen molar-refractivity contribution in [3.8, 4) is 11.5 Å². The number of benzene rings is 1. The van der Waals surface area contributed by atoms with Crippen LogP contribution in [0.5, 0.6) is 11.5 Å². The highest BCUT2D eigenvalue weighted by Gasteiger charge is 2.11. The van der Waals surface area contributed by atoms with E-state index < -0.39 is 6.61 Å². The van der Waals surface area contributed by atoms with Gasteiger partial charge in [-0.1, -0.05) is 6.07 Å². The predicted molar refractivity (Wildman–Crippen MR) is 107 cm³/mol. The Kier molecular flexibility index (Phi) is 11.9. The van der Waals surface area contributed by atoms with Gasteiger partial charge in [-0.25, -0.2) is 0 Å². The number of guanidine groups is 1. The summed E-state index contributed by atoms with van der Waals surface area (Å²) in [6, 6.07) is 5.02. The minimum Gasteiger partial charge on any atom is -0.493 e. The highest BCUT2D eigenvalue weighted by Crippen LogP contribution is 2.29. The molecule has 0 spiro atoms. The molecule has 0 radical (unpaired) electrons. The van der Waals surface area contributed by atoms with Crippen LogP contribution >= 0.6 is 0 Å². The van der Waals surface area contributed by atoms with E-state index in [1.54, 1.807) is 26.3 Å². The summed E-state index contributed by atoms with van der Waals surface area (Å²) >= 11 is 0. The average molecular weight is 402 g/mol. The van der Waals surface area contributed by atoms with Crippen molar-refractivity contribution in [2.45, 2.75) is 19.5 Å². The number of ether oxygens (including phenoxy) is 3. The van der Waals surface area contributed by atoms with E-state index in [2.05, 4.69) is 32.3 Å². The molecule has 0 aliphatic rings. The van der Waals surface area contributed by atoms with Crippen LogP contribution in [-0.2, 0) is 11.2 Å². The van der Waals surface area contributed by atoms with E-state index in [0.29, 0.717) is 18.9 Å². The van der Waals surface area contributed by atoms with E-state index in [-0.39, 0.29) is 11.5 Å². The summed E-state index contributed by atoms with van der Waals surface area (Å²) in [5, 5.41) is 6.47. The molecule has 1 aromatic rings. The molecule has 0 heterocycles. The lowest BCUT2D eigenvalue weighted by atomic mass is 10.1. The van der Waals surface area contributed by atoms with Gasteiger partial charge in [0.15, 0.2) is 17.5 Å². The van der Waals surface area contributed by atoms with Crippen LogP contribution in [0.25, 0.3) is 0 Å². The highest BCUT2D eigenvalue weighted by molar-refractivity contribution is 5.79. The fraction of sp³-hybridized carbons (Fsp3) is 0.632. The fourth-order valence-electron chi connectivity index (χ4n) is 2.57. The molecule has 0 unspecified atom stereocenters. The maximum absolute atomic E-state index is 12.5. The van der Waals surface area contributed by atoms with Gasteiger partial charge >= 0.3 is 6.61 Å². The summed E-state index contributed by atoms with van der Waals surface area (Å²) in [6.07, 6.45) is 1.63. The van der Waals surface area contributed by atoms with E-state index in [1.807, 2.05) is 6.07 Å². The van der Waals surface area contributed by atoms with Crippen LogP contribution in [0, 0.1) is 0 Å². The number of methoxy groups -OCH3 is 2. The van der Waals surface area contributed by atoms with Gasteiger partial charge < -0.3 is 29.7 Å². The molecular weight excluding hydrogens is 370 g/mol. The van der Waals surface area contributed by atoms with E-state index in [4.69, 9.17) is 9.47 Å². The topological polar surface area (TPSA) is 67.4 Å². The molecule has 9 heteroatoms. The zero-order chi connectivity index (χ0) is 20.8. The molecule has 0 aliphatic heterocycles. The van der Waals surface area contributed by atoms with Crippen LogP contribution in [0.1, 0.15) is 12.0 Å². The van der Waals surface area contributed by atoms with Crippen LogP contribution in [0.15, 0.2) is 23.2 Å². The van der Waals surface area contributed by atoms with Gasteiger partial charge in [-0.3, -0.25) is 4.99 Å². The maximum Gasteiger partial charge on any atom is 0.387 e. The first kappa shape index (κ1) is 23.9. The van der Waals surface area contributed by atoms with Crippen molar-refractivity contribution in [1.82, 2.24) is 15.5 Å². The van der Waals surface area contributed by atoms with Gasteiger partial charge in [-0.05, 0) is 37.6 Å². The number of halogens is 2. The quantitative estimate of drug-likeness (QED) is 0.299. The molecular formula is C19H32F2N4O3. The largest absolute Gasteiger partial charge is 0.493 e. The summed E-state index contributed by atoms with van der Waals surface area (Å²) in [5.74, 6) is 1.01. The van der Waals surface area contributed by atoms with Gasteiger partial charge in [0.25, 0.3) is 0 Å². The first-order valence-electron chi connectivity index (χ1n) is 9.23. The fourth-order valence-corrected chi connectivity index (χ4v) is 2.57. The third kappa shape index (κ3) is 9.70. The average Bonchev–Trinajstić information content (AvgIpc) is 2.66. The Labute approximate surface area is 166 Å². The minimum atomic E-state index is -2.89. The van der Waals surface area contributed by atoms with Gasteiger partial charge in [-0.15, -0.1) is 0 Å². The number of hydrogen-bond acceptors (Lipinski definition) is 5. The number of aliphatic imine (C=N–C) groups is 1. The number of hydrogen-bond donors (Lipinski definition) is 2. The molecule has 7 nitrogen and oxygen atoms in total. The smallest absolute Gasteiger partial charge is 0.387 e. The third-order valence-electron chi connectivity index (χ3n) is 4.05. The van der Waals surface area contributed by atoms with Crippen LogP contribution in [0.2, 0.25) is 0 Å². The number of alkyl halides is 2. The zero-order valence-electron chi connectivity index (χ0n) is 17.1. The maximum atomic E-state index is 12.5. The van der Waals surface area contributed by atoms with Crippen molar-refractivity contribution in [2.24, 2.45) is 4.99 Å². The molecule has 160 valence electrons. The molecule has 0 saturated heterocycles. The van der Waals surface area contributed by atoms with Gasteiger partial charge in [0.1, 0.15) is 0 Å². The first-order chi connectivity index (χ1) is 13.5. The Morgan fingerprint density at radius 2 is 1.89 bits per heavy atom. The predicted octanol–water partition coefficient (Wildman–Crippen LogP) is 1.97. The Morgan fingerprint density at radius 3 is 2.54 bits per heavy atom. The summed E-state index contributed by atoms with van der Waals surface area (Å²) < 4.78 is 39.6. The normalized spacial score (nSPS) is 11.8. The monoisotopic (exact) mass is 402 g/mol. The Hall–Kier alpha value is -2.13. The Balaban J connectivity index is 2.38. The molecule has 28 heavy (non-hydrogen) atoms. The molecule has 1 aromatic carbocycles. The van der Waals surface area contributed by atoms with Crippen LogP contribution in [0.3, 0.4) is 0 Å². The van der Waals surface area contributed by atoms with Crippen molar-refractivity contribution in [3.63, 3.8) is 0 Å². The molecule has 0 fully saturated rings. The lowest BCUT2D eigenvalue weighted by Gasteiger charge is -2.18. The Bertz CT molecular complexity index is 588. The summed E-state index contributed by atoms with van der Waals surface area (Å²) in [4.78, 5) is 6.41. The molecule has 0 aromatic heterocycles. The highest BCUT2D eigenvalue weighted by atomic mass is 19.3. The number of nitrogens with zero attached hydrogens (tertiary/aromatic N) is 2. The molecule has 0 atom stereocenters. The van der Waals surface area contributed by atoms with Crippen LogP contribution in [0.4, 0.5) is 8.78 Å². The third-order valence-corrected chi connectivity index (χ3v) is 4.05. The second-order valence-electron chi connectivity index (χ2n) is 6.19. The minimum absolute atomic E-state index is 0.0361. The molecule has 0 saturated carbocycles. The number of nitrogens with one attached hydrogen (secondary N) is 2. The van der Waals surface area contributed by atoms with E-state index in [1.165, 1.54) is 7.11 Å². The molecule has 2 N–H and O–H groups in total. The van der Waals surface area contributed by atoms with Crippen molar-refractivity contribution in [1.29, 1.82) is 0 Å². The van der Waals surface area contributed by atoms with Crippen molar-refractivity contribution in [2.75, 3.05) is 61.1 Å². The molecule has 1 rings (SSSR count). The Morgan fingerprint density at radius 1 is 1.14 bits per heavy atom. The van der Waals surface area contributed by atoms with Crippen molar-refractivity contribution in [3.05, 3.63) is 23.8 Å². The van der Waals surface area contributed by atoms with Gasteiger partial charge in [0.05, 0.1) is 7.11 Å². The second-order valence-corrected chi connectivity index (χ2v) is 6.19. The van der Waals surface area contributed by atoms with Crippen LogP contribution < -0.4 is 20.1 Å². The van der Waals surface area contributed by atoms with E-state index in [9.17, 15) is 8.78 Å². The molecule has 0 aliphatic carbocycles. The summed E-state index contributed by atoms with van der Waals surface area (Å²) in [7, 11) is 6.89. The lowest BCUT2D eigenvalue weighted by Crippen LogP contribution is -2.41. The summed E-state index contributed by atoms with van der Waals surface area (Å²) in [5.41, 5.74) is 0.859. The second kappa shape index (κ2) is 14.0. The van der Waals surface area contributed by atoms with Gasteiger partial charge in [0, 0.05) is 46.9 Å². The molecule has 0 bridgehead atoms. The molecule has 0 amide bonds. The number of rotatable bonds is 13. The van der Waals surface area contributed by atoms with E-state index >= 15 is 0 Å². The lowest BCUT2D eigenvalue weighted by molar-refractivity contribution is -0.0512. The number of likely N-dealkylation sites (N-methyl/N-ethyl adjacent to an activating group) is 1. The first-order valence-corrected chi connectivity index (χ1v) is 9.23.